The number of carbonyl (C=O) groups is 1. The normalized spacial score (nSPS) is 10.5. The topological polar surface area (TPSA) is 34.4 Å². The predicted octanol–water partition coefficient (Wildman–Crippen LogP) is 1.10. The number of Topliss-reactive ketones (excluding diaryl/α,β-unsaturated/α-hetero) is 1. The molecule has 2 radical (unpaired) electrons. The summed E-state index contributed by atoms with van der Waals surface area (Å²) in [5.74, 6) is -0.0984. The molecule has 0 spiro atoms. The minimum Gasteiger partial charge on any atom is -0.297 e. The van der Waals surface area contributed by atoms with Crippen LogP contribution in [-0.2, 0) is 0 Å². The average molecular weight is 170 g/mol. The second-order valence-corrected chi connectivity index (χ2v) is 2.70. The van der Waals surface area contributed by atoms with Crippen LogP contribution in [0.25, 0.3) is 5.65 Å². The van der Waals surface area contributed by atoms with Crippen LogP contribution in [0.1, 0.15) is 10.5 Å². The molecule has 0 unspecified atom stereocenters. The van der Waals surface area contributed by atoms with Crippen molar-refractivity contribution in [2.75, 3.05) is 0 Å². The minimum atomic E-state index is -0.0984. The molecule has 0 atom stereocenters. The first-order valence-electron chi connectivity index (χ1n) is 3.98. The molecule has 0 aliphatic carbocycles. The van der Waals surface area contributed by atoms with Gasteiger partial charge in [-0.25, -0.2) is 4.98 Å². The molecule has 0 N–H and O–H groups in total. The van der Waals surface area contributed by atoms with Gasteiger partial charge in [-0.2, -0.15) is 0 Å². The van der Waals surface area contributed by atoms with Crippen LogP contribution in [0.3, 0.4) is 0 Å². The largest absolute Gasteiger partial charge is 0.297 e. The van der Waals surface area contributed by atoms with E-state index in [0.717, 1.165) is 5.65 Å². The van der Waals surface area contributed by atoms with Gasteiger partial charge < -0.3 is 0 Å². The molecule has 0 amide bonds. The Bertz CT molecular complexity index is 450. The molecule has 0 bridgehead atoms. The van der Waals surface area contributed by atoms with Gasteiger partial charge in [0, 0.05) is 6.20 Å². The maximum atomic E-state index is 11.3. The Kier molecular flexibility index (Phi) is 1.89. The summed E-state index contributed by atoms with van der Waals surface area (Å²) < 4.78 is 1.73. The van der Waals surface area contributed by atoms with Gasteiger partial charge in [0.15, 0.2) is 5.78 Å². The number of aromatic nitrogens is 2. The van der Waals surface area contributed by atoms with Crippen LogP contribution < -0.4 is 0 Å². The van der Waals surface area contributed by atoms with Gasteiger partial charge in [0.1, 0.15) is 11.3 Å². The molecule has 2 aromatic heterocycles. The molecule has 0 aliphatic heterocycles. The van der Waals surface area contributed by atoms with Crippen molar-refractivity contribution < 1.29 is 4.79 Å². The fourth-order valence-corrected chi connectivity index (χ4v) is 1.24. The Balaban J connectivity index is 2.64. The van der Waals surface area contributed by atoms with Crippen LogP contribution in [0.2, 0.25) is 6.32 Å². The average Bonchev–Trinajstić information content (AvgIpc) is 2.60. The second kappa shape index (κ2) is 3.05. The third-order valence-corrected chi connectivity index (χ3v) is 1.89. The molecular weight excluding hydrogens is 163 g/mol. The van der Waals surface area contributed by atoms with Crippen molar-refractivity contribution in [1.29, 1.82) is 0 Å². The van der Waals surface area contributed by atoms with E-state index in [9.17, 15) is 4.79 Å². The summed E-state index contributed by atoms with van der Waals surface area (Å²) >= 11 is 0. The molecule has 0 saturated carbocycles. The number of imidazole rings is 1. The van der Waals surface area contributed by atoms with Crippen molar-refractivity contribution in [3.63, 3.8) is 0 Å². The molecule has 0 fully saturated rings. The molecule has 4 heteroatoms. The summed E-state index contributed by atoms with van der Waals surface area (Å²) in [7, 11) is 5.26. The predicted molar refractivity (Wildman–Crippen MR) is 50.1 cm³/mol. The molecule has 0 saturated heterocycles. The number of fused-ring (bicyclic) bond motifs is 1. The van der Waals surface area contributed by atoms with Crippen LogP contribution in [0.15, 0.2) is 30.6 Å². The Morgan fingerprint density at radius 1 is 1.54 bits per heavy atom. The lowest BCUT2D eigenvalue weighted by molar-refractivity contribution is 0.101. The van der Waals surface area contributed by atoms with Crippen molar-refractivity contribution in [2.24, 2.45) is 0 Å². The molecule has 3 nitrogen and oxygen atoms in total. The lowest BCUT2D eigenvalue weighted by Crippen LogP contribution is -2.01. The molecule has 0 aliphatic rings. The SMILES string of the molecule is [B]CC(=O)c1cnc2ccccn12. The number of hydrogen-bond acceptors (Lipinski definition) is 2. The van der Waals surface area contributed by atoms with Gasteiger partial charge >= 0.3 is 0 Å². The van der Waals surface area contributed by atoms with Gasteiger partial charge in [0.2, 0.25) is 0 Å². The second-order valence-electron chi connectivity index (χ2n) is 2.70. The van der Waals surface area contributed by atoms with Gasteiger partial charge in [-0.1, -0.05) is 6.07 Å². The van der Waals surface area contributed by atoms with Crippen LogP contribution in [0.5, 0.6) is 0 Å². The Labute approximate surface area is 76.8 Å². The summed E-state index contributed by atoms with van der Waals surface area (Å²) in [5.41, 5.74) is 1.30. The fraction of sp³-hybridized carbons (Fsp3) is 0.111. The van der Waals surface area contributed by atoms with Crippen molar-refractivity contribution in [1.82, 2.24) is 9.38 Å². The first kappa shape index (κ1) is 8.04. The van der Waals surface area contributed by atoms with Crippen molar-refractivity contribution in [2.45, 2.75) is 6.32 Å². The molecule has 62 valence electrons. The Hall–Kier alpha value is -1.58. The van der Waals surface area contributed by atoms with E-state index in [1.54, 1.807) is 16.8 Å². The lowest BCUT2D eigenvalue weighted by Gasteiger charge is -1.96. The summed E-state index contributed by atoms with van der Waals surface area (Å²) in [6.07, 6.45) is 3.36. The van der Waals surface area contributed by atoms with Crippen LogP contribution >= 0.6 is 0 Å². The lowest BCUT2D eigenvalue weighted by atomic mass is 9.99. The molecule has 2 rings (SSSR count). The molecule has 2 aromatic rings. The van der Waals surface area contributed by atoms with Gasteiger partial charge in [0.05, 0.1) is 14.0 Å². The van der Waals surface area contributed by atoms with Crippen molar-refractivity contribution >= 4 is 19.3 Å². The van der Waals surface area contributed by atoms with E-state index in [-0.39, 0.29) is 12.1 Å². The molecule has 2 heterocycles. The first-order chi connectivity index (χ1) is 6.33. The maximum absolute atomic E-state index is 11.3. The van der Waals surface area contributed by atoms with Gasteiger partial charge in [-0.3, -0.25) is 9.20 Å². The van der Waals surface area contributed by atoms with Crippen LogP contribution in [0, 0.1) is 0 Å². The number of hydrogen-bond donors (Lipinski definition) is 0. The van der Waals surface area contributed by atoms with E-state index >= 15 is 0 Å². The summed E-state index contributed by atoms with van der Waals surface area (Å²) in [6.45, 7) is 0. The molecule has 13 heavy (non-hydrogen) atoms. The molecule has 0 aromatic carbocycles. The van der Waals surface area contributed by atoms with Crippen molar-refractivity contribution in [3.8, 4) is 0 Å². The highest BCUT2D eigenvalue weighted by Gasteiger charge is 2.08. The third kappa shape index (κ3) is 1.24. The minimum absolute atomic E-state index is 0.0166. The van der Waals surface area contributed by atoms with Gasteiger partial charge in [-0.15, -0.1) is 0 Å². The standard InChI is InChI=1S/C9H7BN2O/c10-5-8(13)7-6-11-9-3-1-2-4-12(7)9/h1-4,6H,5H2. The van der Waals surface area contributed by atoms with E-state index in [2.05, 4.69) is 4.98 Å². The highest BCUT2D eigenvalue weighted by Crippen LogP contribution is 2.07. The zero-order valence-electron chi connectivity index (χ0n) is 6.97. The third-order valence-electron chi connectivity index (χ3n) is 1.89. The van der Waals surface area contributed by atoms with E-state index in [1.165, 1.54) is 0 Å². The Morgan fingerprint density at radius 3 is 3.15 bits per heavy atom. The number of carbonyl (C=O) groups excluding carboxylic acids is 1. The number of pyridine rings is 1. The maximum Gasteiger partial charge on any atom is 0.172 e. The zero-order chi connectivity index (χ0) is 9.26. The number of ketones is 1. The highest BCUT2D eigenvalue weighted by atomic mass is 16.1. The molecular formula is C9H7BN2O. The van der Waals surface area contributed by atoms with E-state index < -0.39 is 0 Å². The van der Waals surface area contributed by atoms with Gasteiger partial charge in [-0.05, 0) is 18.5 Å². The number of nitrogens with zero attached hydrogens (tertiary/aromatic N) is 2. The zero-order valence-corrected chi connectivity index (χ0v) is 6.97. The monoisotopic (exact) mass is 170 g/mol. The quantitative estimate of drug-likeness (QED) is 0.499. The summed E-state index contributed by atoms with van der Waals surface area (Å²) in [6, 6.07) is 5.56. The van der Waals surface area contributed by atoms with Crippen LogP contribution in [0.4, 0.5) is 0 Å². The van der Waals surface area contributed by atoms with Crippen molar-refractivity contribution in [3.05, 3.63) is 36.3 Å². The highest BCUT2D eigenvalue weighted by molar-refractivity contribution is 6.23. The summed E-state index contributed by atoms with van der Waals surface area (Å²) in [4.78, 5) is 15.4. The van der Waals surface area contributed by atoms with Gasteiger partial charge in [0.25, 0.3) is 0 Å². The fourth-order valence-electron chi connectivity index (χ4n) is 1.24. The smallest absolute Gasteiger partial charge is 0.172 e. The number of rotatable bonds is 2. The van der Waals surface area contributed by atoms with E-state index in [1.807, 2.05) is 18.2 Å². The van der Waals surface area contributed by atoms with Crippen LogP contribution in [-0.4, -0.2) is 23.0 Å². The van der Waals surface area contributed by atoms with E-state index in [0.29, 0.717) is 5.69 Å². The summed E-state index contributed by atoms with van der Waals surface area (Å²) in [5, 5.41) is 0. The Morgan fingerprint density at radius 2 is 2.38 bits per heavy atom. The first-order valence-corrected chi connectivity index (χ1v) is 3.98. The van der Waals surface area contributed by atoms with E-state index in [4.69, 9.17) is 7.85 Å².